The summed E-state index contributed by atoms with van der Waals surface area (Å²) in [6.45, 7) is 0.436. The van der Waals surface area contributed by atoms with E-state index in [2.05, 4.69) is 0 Å². The van der Waals surface area contributed by atoms with Crippen molar-refractivity contribution in [2.24, 2.45) is 5.73 Å². The maximum absolute atomic E-state index is 9.61. The van der Waals surface area contributed by atoms with Gasteiger partial charge in [-0.25, -0.2) is 0 Å². The lowest BCUT2D eigenvalue weighted by molar-refractivity contribution is -0.301. The average Bonchev–Trinajstić information content (AvgIpc) is 2.34. The van der Waals surface area contributed by atoms with Crippen molar-refractivity contribution in [3.8, 4) is 0 Å². The zero-order valence-corrected chi connectivity index (χ0v) is 9.60. The maximum atomic E-state index is 9.61. The molecule has 1 aliphatic rings. The monoisotopic (exact) mass is 251 g/mol. The molecule has 1 heterocycles. The topological polar surface area (TPSA) is 125 Å². The fraction of sp³-hybridized carbons (Fsp3) is 1.00. The summed E-state index contributed by atoms with van der Waals surface area (Å²) in [5.41, 5.74) is 5.32. The first-order valence-electron chi connectivity index (χ1n) is 5.74. The Morgan fingerprint density at radius 2 is 1.76 bits per heavy atom. The van der Waals surface area contributed by atoms with Crippen LogP contribution in [0, 0.1) is 0 Å². The van der Waals surface area contributed by atoms with Gasteiger partial charge in [-0.2, -0.15) is 0 Å². The van der Waals surface area contributed by atoms with Gasteiger partial charge in [0, 0.05) is 6.61 Å². The molecule has 0 aromatic heterocycles. The zero-order chi connectivity index (χ0) is 12.8. The summed E-state index contributed by atoms with van der Waals surface area (Å²) < 4.78 is 10.4. The third kappa shape index (κ3) is 3.85. The largest absolute Gasteiger partial charge is 0.394 e. The van der Waals surface area contributed by atoms with Gasteiger partial charge in [0.2, 0.25) is 0 Å². The Morgan fingerprint density at radius 3 is 2.35 bits per heavy atom. The van der Waals surface area contributed by atoms with Crippen molar-refractivity contribution in [1.82, 2.24) is 0 Å². The van der Waals surface area contributed by atoms with E-state index < -0.39 is 37.3 Å². The Kier molecular flexibility index (Phi) is 6.28. The zero-order valence-electron chi connectivity index (χ0n) is 9.60. The highest BCUT2D eigenvalue weighted by molar-refractivity contribution is 4.88. The highest BCUT2D eigenvalue weighted by atomic mass is 16.7. The Hall–Kier alpha value is -0.280. The molecule has 6 N–H and O–H groups in total. The van der Waals surface area contributed by atoms with Crippen molar-refractivity contribution in [3.05, 3.63) is 0 Å². The first-order valence-corrected chi connectivity index (χ1v) is 5.74. The molecule has 1 fully saturated rings. The second-order valence-electron chi connectivity index (χ2n) is 4.06. The number of hydrogen-bond acceptors (Lipinski definition) is 7. The second kappa shape index (κ2) is 7.22. The van der Waals surface area contributed by atoms with Crippen LogP contribution in [0.4, 0.5) is 0 Å². The third-order valence-corrected chi connectivity index (χ3v) is 2.73. The summed E-state index contributed by atoms with van der Waals surface area (Å²) in [7, 11) is 0. The lowest BCUT2D eigenvalue weighted by Crippen LogP contribution is -2.59. The minimum atomic E-state index is -1.39. The van der Waals surface area contributed by atoms with Gasteiger partial charge < -0.3 is 35.6 Å². The van der Waals surface area contributed by atoms with Crippen molar-refractivity contribution in [3.63, 3.8) is 0 Å². The molecule has 1 saturated heterocycles. The fourth-order valence-corrected chi connectivity index (χ4v) is 1.65. The number of aliphatic hydroxyl groups is 4. The van der Waals surface area contributed by atoms with Gasteiger partial charge in [-0.1, -0.05) is 0 Å². The van der Waals surface area contributed by atoms with Gasteiger partial charge in [0.05, 0.1) is 6.61 Å². The van der Waals surface area contributed by atoms with E-state index in [1.807, 2.05) is 0 Å². The predicted octanol–water partition coefficient (Wildman–Crippen LogP) is -2.46. The standard InChI is InChI=1S/C10H21NO6/c11-3-1-2-4-16-10-9(15)8(14)7(13)6(5-12)17-10/h6-10,12-15H,1-5,11H2/t6?,7-,8+,9?,10+/m0/s1. The summed E-state index contributed by atoms with van der Waals surface area (Å²) in [5.74, 6) is 0. The number of rotatable bonds is 6. The molecule has 1 rings (SSSR count). The predicted molar refractivity (Wildman–Crippen MR) is 58.0 cm³/mol. The van der Waals surface area contributed by atoms with Crippen LogP contribution in [0.3, 0.4) is 0 Å². The average molecular weight is 251 g/mol. The molecule has 0 bridgehead atoms. The van der Waals surface area contributed by atoms with Crippen molar-refractivity contribution >= 4 is 0 Å². The van der Waals surface area contributed by atoms with E-state index >= 15 is 0 Å². The lowest BCUT2D eigenvalue weighted by atomic mass is 9.99. The van der Waals surface area contributed by atoms with Crippen LogP contribution in [0.2, 0.25) is 0 Å². The van der Waals surface area contributed by atoms with Crippen LogP contribution in [-0.4, -0.2) is 70.9 Å². The molecule has 5 atom stereocenters. The van der Waals surface area contributed by atoms with Crippen LogP contribution >= 0.6 is 0 Å². The van der Waals surface area contributed by atoms with Crippen molar-refractivity contribution in [2.45, 2.75) is 43.5 Å². The van der Waals surface area contributed by atoms with Crippen LogP contribution in [-0.2, 0) is 9.47 Å². The van der Waals surface area contributed by atoms with Gasteiger partial charge in [-0.3, -0.25) is 0 Å². The molecule has 17 heavy (non-hydrogen) atoms. The Labute approximate surface area is 99.8 Å². The maximum Gasteiger partial charge on any atom is 0.186 e. The molecule has 0 spiro atoms. The van der Waals surface area contributed by atoms with Crippen molar-refractivity contribution < 1.29 is 29.9 Å². The number of hydrogen-bond donors (Lipinski definition) is 5. The Bertz CT molecular complexity index is 215. The molecule has 0 aromatic carbocycles. The molecular formula is C10H21NO6. The molecule has 0 aliphatic carbocycles. The minimum absolute atomic E-state index is 0.333. The van der Waals surface area contributed by atoms with Crippen LogP contribution in [0.1, 0.15) is 12.8 Å². The summed E-state index contributed by atoms with van der Waals surface area (Å²) in [6, 6.07) is 0. The van der Waals surface area contributed by atoms with Gasteiger partial charge in [-0.05, 0) is 19.4 Å². The number of unbranched alkanes of at least 4 members (excludes halogenated alkanes) is 1. The molecular weight excluding hydrogens is 230 g/mol. The number of nitrogens with two attached hydrogens (primary N) is 1. The van der Waals surface area contributed by atoms with E-state index in [1.54, 1.807) is 0 Å². The minimum Gasteiger partial charge on any atom is -0.394 e. The molecule has 7 nitrogen and oxygen atoms in total. The second-order valence-corrected chi connectivity index (χ2v) is 4.06. The smallest absolute Gasteiger partial charge is 0.186 e. The van der Waals surface area contributed by atoms with Gasteiger partial charge >= 0.3 is 0 Å². The molecule has 7 heteroatoms. The molecule has 2 unspecified atom stereocenters. The Morgan fingerprint density at radius 1 is 1.06 bits per heavy atom. The molecule has 0 radical (unpaired) electrons. The van der Waals surface area contributed by atoms with Crippen molar-refractivity contribution in [2.75, 3.05) is 19.8 Å². The van der Waals surface area contributed by atoms with E-state index in [1.165, 1.54) is 0 Å². The van der Waals surface area contributed by atoms with Crippen molar-refractivity contribution in [1.29, 1.82) is 0 Å². The number of ether oxygens (including phenoxy) is 2. The van der Waals surface area contributed by atoms with Crippen LogP contribution in [0.15, 0.2) is 0 Å². The third-order valence-electron chi connectivity index (χ3n) is 2.73. The highest BCUT2D eigenvalue weighted by Crippen LogP contribution is 2.21. The Balaban J connectivity index is 2.42. The molecule has 0 amide bonds. The highest BCUT2D eigenvalue weighted by Gasteiger charge is 2.43. The molecule has 1 aliphatic heterocycles. The van der Waals surface area contributed by atoms with E-state index in [-0.39, 0.29) is 0 Å². The van der Waals surface area contributed by atoms with Gasteiger partial charge in [0.25, 0.3) is 0 Å². The van der Waals surface area contributed by atoms with Crippen LogP contribution in [0.5, 0.6) is 0 Å². The van der Waals surface area contributed by atoms with Crippen LogP contribution < -0.4 is 5.73 Å². The first-order chi connectivity index (χ1) is 8.11. The van der Waals surface area contributed by atoms with Crippen LogP contribution in [0.25, 0.3) is 0 Å². The van der Waals surface area contributed by atoms with E-state index in [0.29, 0.717) is 19.6 Å². The molecule has 0 saturated carbocycles. The van der Waals surface area contributed by atoms with Gasteiger partial charge in [-0.15, -0.1) is 0 Å². The quantitative estimate of drug-likeness (QED) is 0.331. The number of aliphatic hydroxyl groups excluding tert-OH is 4. The van der Waals surface area contributed by atoms with E-state index in [0.717, 1.165) is 6.42 Å². The summed E-state index contributed by atoms with van der Waals surface area (Å²) in [5, 5.41) is 37.6. The SMILES string of the molecule is NCCCCO[C@@H]1OC(CO)[C@H](O)[C@@H](O)C1O. The summed E-state index contributed by atoms with van der Waals surface area (Å²) in [4.78, 5) is 0. The molecule has 0 aromatic rings. The lowest BCUT2D eigenvalue weighted by Gasteiger charge is -2.39. The van der Waals surface area contributed by atoms with E-state index in [9.17, 15) is 15.3 Å². The normalized spacial score (nSPS) is 38.3. The van der Waals surface area contributed by atoms with Gasteiger partial charge in [0.15, 0.2) is 6.29 Å². The van der Waals surface area contributed by atoms with Gasteiger partial charge in [0.1, 0.15) is 24.4 Å². The first kappa shape index (κ1) is 14.8. The molecule has 102 valence electrons. The fourth-order valence-electron chi connectivity index (χ4n) is 1.65. The summed E-state index contributed by atoms with van der Waals surface area (Å²) in [6.07, 6.45) is -4.52. The summed E-state index contributed by atoms with van der Waals surface area (Å²) >= 11 is 0. The van der Waals surface area contributed by atoms with E-state index in [4.69, 9.17) is 20.3 Å².